The van der Waals surface area contributed by atoms with Crippen LogP contribution in [0, 0.1) is 5.92 Å². The van der Waals surface area contributed by atoms with Crippen LogP contribution in [0.25, 0.3) is 21.5 Å². The first kappa shape index (κ1) is 22.3. The first-order valence-corrected chi connectivity index (χ1v) is 10.3. The van der Waals surface area contributed by atoms with E-state index >= 15 is 0 Å². The second kappa shape index (κ2) is 10.1. The van der Waals surface area contributed by atoms with Gasteiger partial charge in [0, 0.05) is 45.4 Å². The lowest BCUT2D eigenvalue weighted by atomic mass is 9.82. The van der Waals surface area contributed by atoms with Gasteiger partial charge in [0.15, 0.2) is 0 Å². The molecule has 2 aliphatic rings. The van der Waals surface area contributed by atoms with E-state index in [1.165, 1.54) is 27.1 Å². The highest BCUT2D eigenvalue weighted by Gasteiger charge is 2.32. The molecule has 5 heteroatoms. The van der Waals surface area contributed by atoms with Gasteiger partial charge in [-0.15, -0.1) is 24.8 Å². The van der Waals surface area contributed by atoms with Crippen molar-refractivity contribution in [1.82, 2.24) is 10.2 Å². The fraction of sp³-hybridized carbons (Fsp3) is 0.417. The van der Waals surface area contributed by atoms with E-state index in [2.05, 4.69) is 64.8 Å². The molecule has 29 heavy (non-hydrogen) atoms. The van der Waals surface area contributed by atoms with Crippen LogP contribution in [0.1, 0.15) is 24.4 Å². The van der Waals surface area contributed by atoms with Gasteiger partial charge in [0.1, 0.15) is 0 Å². The molecule has 0 aliphatic carbocycles. The molecule has 0 amide bonds. The molecule has 3 nitrogen and oxygen atoms in total. The van der Waals surface area contributed by atoms with Crippen molar-refractivity contribution in [1.29, 1.82) is 0 Å². The molecular formula is C24H30Cl2N2O. The summed E-state index contributed by atoms with van der Waals surface area (Å²) in [6.45, 7) is 6.24. The Morgan fingerprint density at radius 3 is 2.17 bits per heavy atom. The third-order valence-corrected chi connectivity index (χ3v) is 6.38. The molecule has 0 aromatic heterocycles. The molecule has 2 aliphatic heterocycles. The summed E-state index contributed by atoms with van der Waals surface area (Å²) in [6, 6.07) is 20.8. The van der Waals surface area contributed by atoms with Gasteiger partial charge >= 0.3 is 0 Å². The lowest BCUT2D eigenvalue weighted by Crippen LogP contribution is -2.47. The smallest absolute Gasteiger partial charge is 0.0469 e. The number of hydrogen-bond donors (Lipinski definition) is 1. The van der Waals surface area contributed by atoms with Crippen LogP contribution >= 0.6 is 24.8 Å². The van der Waals surface area contributed by atoms with Crippen LogP contribution in [0.5, 0.6) is 0 Å². The zero-order chi connectivity index (χ0) is 18.1. The number of nitrogens with one attached hydrogen (secondary N) is 1. The molecule has 156 valence electrons. The molecule has 0 bridgehead atoms. The summed E-state index contributed by atoms with van der Waals surface area (Å²) < 4.78 is 5.70. The quantitative estimate of drug-likeness (QED) is 0.574. The number of benzene rings is 3. The molecule has 1 N–H and O–H groups in total. The van der Waals surface area contributed by atoms with E-state index in [-0.39, 0.29) is 24.8 Å². The number of nitrogens with zero attached hydrogens (tertiary/aromatic N) is 1. The van der Waals surface area contributed by atoms with Gasteiger partial charge in [0.2, 0.25) is 0 Å². The van der Waals surface area contributed by atoms with E-state index in [1.54, 1.807) is 0 Å². The average molecular weight is 433 g/mol. The zero-order valence-electron chi connectivity index (χ0n) is 16.7. The van der Waals surface area contributed by atoms with E-state index in [1.807, 2.05) is 0 Å². The van der Waals surface area contributed by atoms with Crippen LogP contribution in [0.2, 0.25) is 0 Å². The summed E-state index contributed by atoms with van der Waals surface area (Å²) >= 11 is 0. The van der Waals surface area contributed by atoms with Crippen LogP contribution in [0.4, 0.5) is 0 Å². The number of hydrogen-bond acceptors (Lipinski definition) is 3. The molecule has 0 spiro atoms. The van der Waals surface area contributed by atoms with Gasteiger partial charge in [-0.05, 0) is 51.9 Å². The minimum atomic E-state index is 0. The maximum atomic E-state index is 5.70. The second-order valence-electron chi connectivity index (χ2n) is 7.91. The summed E-state index contributed by atoms with van der Waals surface area (Å²) in [4.78, 5) is 2.73. The number of rotatable bonds is 3. The van der Waals surface area contributed by atoms with Gasteiger partial charge in [-0.1, -0.05) is 48.5 Å². The molecule has 0 radical (unpaired) electrons. The number of piperazine rings is 1. The molecular weight excluding hydrogens is 403 g/mol. The SMILES string of the molecule is Cl.Cl.c1ccc2c(c1)cc([C@@H](C1CCOCC1)N1CCNCC1)c1ccccc12. The summed E-state index contributed by atoms with van der Waals surface area (Å²) in [5.74, 6) is 0.668. The van der Waals surface area contributed by atoms with E-state index in [0.717, 1.165) is 52.2 Å². The van der Waals surface area contributed by atoms with Crippen LogP contribution in [-0.4, -0.2) is 44.3 Å². The van der Waals surface area contributed by atoms with Gasteiger partial charge in [0.25, 0.3) is 0 Å². The highest BCUT2D eigenvalue weighted by atomic mass is 35.5. The molecule has 1 atom stereocenters. The van der Waals surface area contributed by atoms with Crippen molar-refractivity contribution in [2.75, 3.05) is 39.4 Å². The Balaban J connectivity index is 0.00000120. The summed E-state index contributed by atoms with van der Waals surface area (Å²) in [6.07, 6.45) is 2.32. The molecule has 2 heterocycles. The Morgan fingerprint density at radius 1 is 0.828 bits per heavy atom. The number of ether oxygens (including phenoxy) is 1. The van der Waals surface area contributed by atoms with Gasteiger partial charge in [0.05, 0.1) is 0 Å². The Bertz CT molecular complexity index is 918. The van der Waals surface area contributed by atoms with Crippen LogP contribution < -0.4 is 5.32 Å². The fourth-order valence-corrected chi connectivity index (χ4v) is 5.07. The normalized spacial score (nSPS) is 19.4. The predicted octanol–water partition coefficient (Wildman–Crippen LogP) is 5.21. The molecule has 5 rings (SSSR count). The largest absolute Gasteiger partial charge is 0.381 e. The van der Waals surface area contributed by atoms with Crippen molar-refractivity contribution in [3.05, 3.63) is 60.2 Å². The molecule has 0 saturated carbocycles. The van der Waals surface area contributed by atoms with Crippen molar-refractivity contribution in [3.63, 3.8) is 0 Å². The molecule has 3 aromatic carbocycles. The lowest BCUT2D eigenvalue weighted by molar-refractivity contribution is 0.0217. The zero-order valence-corrected chi connectivity index (χ0v) is 18.3. The fourth-order valence-electron chi connectivity index (χ4n) is 5.07. The van der Waals surface area contributed by atoms with E-state index in [4.69, 9.17) is 4.74 Å². The second-order valence-corrected chi connectivity index (χ2v) is 7.91. The minimum Gasteiger partial charge on any atom is -0.381 e. The highest BCUT2D eigenvalue weighted by molar-refractivity contribution is 6.09. The van der Waals surface area contributed by atoms with Crippen molar-refractivity contribution in [2.45, 2.75) is 18.9 Å². The third-order valence-electron chi connectivity index (χ3n) is 6.38. The standard InChI is InChI=1S/C24H28N2O.2ClH/c1-2-6-20-19(5-1)17-23(22-8-4-3-7-21(20)22)24(18-9-15-27-16-10-18)26-13-11-25-12-14-26;;/h1-8,17-18,24-25H,9-16H2;2*1H/t24-;;/m1../s1. The summed E-state index contributed by atoms with van der Waals surface area (Å²) in [5.41, 5.74) is 1.51. The first-order chi connectivity index (χ1) is 13.4. The van der Waals surface area contributed by atoms with Crippen molar-refractivity contribution in [2.24, 2.45) is 5.92 Å². The topological polar surface area (TPSA) is 24.5 Å². The van der Waals surface area contributed by atoms with Crippen molar-refractivity contribution >= 4 is 46.4 Å². The van der Waals surface area contributed by atoms with Gasteiger partial charge in [-0.3, -0.25) is 4.90 Å². The lowest BCUT2D eigenvalue weighted by Gasteiger charge is -2.41. The van der Waals surface area contributed by atoms with Gasteiger partial charge < -0.3 is 10.1 Å². The number of fused-ring (bicyclic) bond motifs is 3. The maximum absolute atomic E-state index is 5.70. The van der Waals surface area contributed by atoms with Crippen molar-refractivity contribution in [3.8, 4) is 0 Å². The predicted molar refractivity (Wildman–Crippen MR) is 127 cm³/mol. The molecule has 0 unspecified atom stereocenters. The van der Waals surface area contributed by atoms with E-state index in [0.29, 0.717) is 12.0 Å². The van der Waals surface area contributed by atoms with E-state index in [9.17, 15) is 0 Å². The van der Waals surface area contributed by atoms with Gasteiger partial charge in [-0.2, -0.15) is 0 Å². The number of halogens is 2. The average Bonchev–Trinajstić information content (AvgIpc) is 2.76. The molecule has 2 saturated heterocycles. The Labute approximate surface area is 185 Å². The monoisotopic (exact) mass is 432 g/mol. The van der Waals surface area contributed by atoms with E-state index < -0.39 is 0 Å². The Hall–Kier alpha value is -1.36. The molecule has 2 fully saturated rings. The Morgan fingerprint density at radius 2 is 1.45 bits per heavy atom. The van der Waals surface area contributed by atoms with Crippen LogP contribution in [0.15, 0.2) is 54.6 Å². The van der Waals surface area contributed by atoms with Crippen LogP contribution in [-0.2, 0) is 4.74 Å². The maximum Gasteiger partial charge on any atom is 0.0469 e. The first-order valence-electron chi connectivity index (χ1n) is 10.3. The summed E-state index contributed by atoms with van der Waals surface area (Å²) in [5, 5.41) is 9.06. The Kier molecular flexibility index (Phi) is 7.78. The highest BCUT2D eigenvalue weighted by Crippen LogP contribution is 2.40. The minimum absolute atomic E-state index is 0. The molecule has 3 aromatic rings. The van der Waals surface area contributed by atoms with Crippen molar-refractivity contribution < 1.29 is 4.74 Å². The van der Waals surface area contributed by atoms with Gasteiger partial charge in [-0.25, -0.2) is 0 Å². The third kappa shape index (κ3) is 4.40. The summed E-state index contributed by atoms with van der Waals surface area (Å²) in [7, 11) is 0. The van der Waals surface area contributed by atoms with Crippen LogP contribution in [0.3, 0.4) is 0 Å².